The third-order valence-corrected chi connectivity index (χ3v) is 12.0. The predicted molar refractivity (Wildman–Crippen MR) is 211 cm³/mol. The van der Waals surface area contributed by atoms with Gasteiger partial charge in [0, 0.05) is 45.2 Å². The molecule has 0 unspecified atom stereocenters. The first-order valence-corrected chi connectivity index (χ1v) is 20.3. The van der Waals surface area contributed by atoms with Crippen LogP contribution in [0.5, 0.6) is 0 Å². The molecule has 3 atom stereocenters. The van der Waals surface area contributed by atoms with Crippen molar-refractivity contribution in [3.05, 3.63) is 58.4 Å². The van der Waals surface area contributed by atoms with Crippen LogP contribution in [0.4, 0.5) is 10.6 Å². The number of hydrogen-bond acceptors (Lipinski definition) is 11. The molecular formula is C41H56N6O7S. The molecule has 0 saturated carbocycles. The normalized spacial score (nSPS) is 21.0. The van der Waals surface area contributed by atoms with Crippen LogP contribution in [0.1, 0.15) is 103 Å². The zero-order chi connectivity index (χ0) is 39.7. The van der Waals surface area contributed by atoms with Gasteiger partial charge in [-0.15, -0.1) is 11.3 Å². The van der Waals surface area contributed by atoms with Crippen molar-refractivity contribution in [2.24, 2.45) is 5.92 Å². The van der Waals surface area contributed by atoms with E-state index < -0.39 is 23.3 Å². The standard InChI is InChI=1S/C41H56N6O7S/c1-25(2)35(38(50)47-23-31(48)20-32(47)37(49)43-26(3)29-8-10-30(11-9-29)36-27(4)42-24-55-36)33-21-34(44-54-33)45-16-12-28(13-17-45)22-41(52)14-18-46(19-15-41)39(51)53-40(5,6)7/h8-11,21,24,26,28,31-32,48,52H,12-20,22-23H2,1-7H3,(H,43,49)/t26-,31+,32-/m0/s1. The van der Waals surface area contributed by atoms with E-state index in [1.807, 2.05) is 78.2 Å². The van der Waals surface area contributed by atoms with Crippen LogP contribution in [-0.4, -0.2) is 104 Å². The van der Waals surface area contributed by atoms with E-state index in [1.165, 1.54) is 4.90 Å². The highest BCUT2D eigenvalue weighted by Gasteiger charge is 2.42. The number of hydrogen-bond donors (Lipinski definition) is 3. The van der Waals surface area contributed by atoms with Crippen molar-refractivity contribution in [2.45, 2.75) is 116 Å². The van der Waals surface area contributed by atoms with Crippen molar-refractivity contribution < 1.29 is 33.9 Å². The van der Waals surface area contributed by atoms with E-state index in [1.54, 1.807) is 22.3 Å². The van der Waals surface area contributed by atoms with Gasteiger partial charge in [-0.3, -0.25) is 9.59 Å². The Bertz CT molecular complexity index is 1860. The summed E-state index contributed by atoms with van der Waals surface area (Å²) in [6.45, 7) is 15.5. The molecule has 1 aromatic carbocycles. The molecule has 0 radical (unpaired) electrons. The number of carbonyl (C=O) groups excluding carboxylic acids is 3. The van der Waals surface area contributed by atoms with E-state index in [0.29, 0.717) is 61.0 Å². The van der Waals surface area contributed by atoms with Crippen molar-refractivity contribution in [3.63, 3.8) is 0 Å². The van der Waals surface area contributed by atoms with Crippen molar-refractivity contribution in [2.75, 3.05) is 37.6 Å². The highest BCUT2D eigenvalue weighted by atomic mass is 32.1. The Morgan fingerprint density at radius 2 is 1.76 bits per heavy atom. The molecule has 55 heavy (non-hydrogen) atoms. The van der Waals surface area contributed by atoms with Crippen molar-refractivity contribution in [3.8, 4) is 10.4 Å². The number of anilines is 1. The number of aliphatic hydroxyl groups excluding tert-OH is 1. The highest BCUT2D eigenvalue weighted by Crippen LogP contribution is 2.36. The molecule has 0 spiro atoms. The highest BCUT2D eigenvalue weighted by molar-refractivity contribution is 7.13. The van der Waals surface area contributed by atoms with Crippen LogP contribution in [0.25, 0.3) is 16.0 Å². The fourth-order valence-electron chi connectivity index (χ4n) is 7.96. The maximum atomic E-state index is 14.2. The zero-order valence-electron chi connectivity index (χ0n) is 33.1. The molecule has 14 heteroatoms. The van der Waals surface area contributed by atoms with Crippen molar-refractivity contribution >= 4 is 40.6 Å². The second-order valence-corrected chi connectivity index (χ2v) is 17.6. The van der Waals surface area contributed by atoms with E-state index in [4.69, 9.17) is 9.26 Å². The molecule has 13 nitrogen and oxygen atoms in total. The van der Waals surface area contributed by atoms with Crippen LogP contribution < -0.4 is 10.2 Å². The lowest BCUT2D eigenvalue weighted by atomic mass is 9.79. The number of rotatable bonds is 9. The van der Waals surface area contributed by atoms with E-state index in [9.17, 15) is 24.6 Å². The number of nitrogens with one attached hydrogen (secondary N) is 1. The summed E-state index contributed by atoms with van der Waals surface area (Å²) in [7, 11) is 0. The molecule has 298 valence electrons. The zero-order valence-corrected chi connectivity index (χ0v) is 33.9. The van der Waals surface area contributed by atoms with Gasteiger partial charge >= 0.3 is 6.09 Å². The third-order valence-electron chi connectivity index (χ3n) is 11.0. The molecule has 3 aliphatic heterocycles. The van der Waals surface area contributed by atoms with E-state index in [-0.39, 0.29) is 36.9 Å². The summed E-state index contributed by atoms with van der Waals surface area (Å²) >= 11 is 1.59. The number of likely N-dealkylation sites (tertiary alicyclic amines) is 2. The Morgan fingerprint density at radius 1 is 1.09 bits per heavy atom. The van der Waals surface area contributed by atoms with Gasteiger partial charge in [0.2, 0.25) is 5.91 Å². The largest absolute Gasteiger partial charge is 0.444 e. The van der Waals surface area contributed by atoms with Gasteiger partial charge in [0.1, 0.15) is 11.6 Å². The van der Waals surface area contributed by atoms with Gasteiger partial charge in [-0.25, -0.2) is 9.78 Å². The Labute approximate surface area is 327 Å². The number of benzene rings is 1. The smallest absolute Gasteiger partial charge is 0.410 e. The number of ether oxygens (including phenoxy) is 1. The van der Waals surface area contributed by atoms with E-state index >= 15 is 0 Å². The summed E-state index contributed by atoms with van der Waals surface area (Å²) in [4.78, 5) is 51.0. The first-order valence-electron chi connectivity index (χ1n) is 19.4. The first-order chi connectivity index (χ1) is 26.0. The third kappa shape index (κ3) is 9.58. The molecular weight excluding hydrogens is 721 g/mol. The number of piperidine rings is 2. The van der Waals surface area contributed by atoms with Gasteiger partial charge < -0.3 is 39.5 Å². The predicted octanol–water partition coefficient (Wildman–Crippen LogP) is 6.11. The van der Waals surface area contributed by atoms with Crippen LogP contribution in [-0.2, 0) is 14.3 Å². The second-order valence-electron chi connectivity index (χ2n) is 16.7. The minimum Gasteiger partial charge on any atom is -0.444 e. The molecule has 0 bridgehead atoms. The van der Waals surface area contributed by atoms with Crippen molar-refractivity contribution in [1.82, 2.24) is 25.3 Å². The number of amides is 3. The van der Waals surface area contributed by atoms with E-state index in [2.05, 4.69) is 20.4 Å². The summed E-state index contributed by atoms with van der Waals surface area (Å²) in [6, 6.07) is 8.63. The molecule has 3 aliphatic rings. The number of β-amino-alcohol motifs (C(OH)–C–C–N with tert-alkyl or cyclic N) is 1. The Hall–Kier alpha value is -4.27. The maximum absolute atomic E-state index is 14.2. The fraction of sp³-hybridized carbons (Fsp3) is 0.585. The number of carbonyl (C=O) groups is 3. The van der Waals surface area contributed by atoms with Gasteiger partial charge in [-0.1, -0.05) is 35.0 Å². The summed E-state index contributed by atoms with van der Waals surface area (Å²) in [5.74, 6) is 0.563. The van der Waals surface area contributed by atoms with Gasteiger partial charge in [-0.2, -0.15) is 0 Å². The number of aryl methyl sites for hydroxylation is 1. The quantitative estimate of drug-likeness (QED) is 0.217. The number of allylic oxidation sites excluding steroid dienone is 1. The molecule has 5 heterocycles. The number of aliphatic hydroxyl groups is 2. The van der Waals surface area contributed by atoms with Gasteiger partial charge in [0.05, 0.1) is 39.4 Å². The van der Waals surface area contributed by atoms with Crippen LogP contribution in [0, 0.1) is 12.8 Å². The lowest BCUT2D eigenvalue weighted by Gasteiger charge is -2.41. The lowest BCUT2D eigenvalue weighted by Crippen LogP contribution is -2.49. The maximum Gasteiger partial charge on any atom is 0.410 e. The van der Waals surface area contributed by atoms with Crippen LogP contribution in [0.3, 0.4) is 0 Å². The summed E-state index contributed by atoms with van der Waals surface area (Å²) in [5, 5.41) is 29.5. The van der Waals surface area contributed by atoms with Gasteiger partial charge in [0.25, 0.3) is 5.91 Å². The minimum atomic E-state index is -0.848. The summed E-state index contributed by atoms with van der Waals surface area (Å²) in [5.41, 5.74) is 4.46. The van der Waals surface area contributed by atoms with Gasteiger partial charge in [0.15, 0.2) is 11.6 Å². The fourth-order valence-corrected chi connectivity index (χ4v) is 8.78. The Balaban J connectivity index is 1.04. The average Bonchev–Trinajstić information content (AvgIpc) is 3.88. The number of nitrogens with zero attached hydrogens (tertiary/aromatic N) is 5. The van der Waals surface area contributed by atoms with Crippen LogP contribution >= 0.6 is 11.3 Å². The minimum absolute atomic E-state index is 0.0326. The second kappa shape index (κ2) is 16.4. The topological polar surface area (TPSA) is 162 Å². The molecule has 3 amide bonds. The number of thiazole rings is 1. The summed E-state index contributed by atoms with van der Waals surface area (Å²) in [6.07, 6.45) is 2.43. The molecule has 6 rings (SSSR count). The lowest BCUT2D eigenvalue weighted by molar-refractivity contribution is -0.135. The molecule has 3 saturated heterocycles. The molecule has 0 aliphatic carbocycles. The van der Waals surface area contributed by atoms with E-state index in [0.717, 1.165) is 47.6 Å². The molecule has 3 N–H and O–H groups in total. The Kier molecular flexibility index (Phi) is 12.1. The molecule has 3 aromatic rings. The van der Waals surface area contributed by atoms with Gasteiger partial charge in [-0.05, 0) is 97.6 Å². The molecule has 3 fully saturated rings. The molecule has 2 aromatic heterocycles. The van der Waals surface area contributed by atoms with Crippen LogP contribution in [0.15, 0.2) is 45.9 Å². The monoisotopic (exact) mass is 776 g/mol. The Morgan fingerprint density at radius 3 is 2.36 bits per heavy atom. The summed E-state index contributed by atoms with van der Waals surface area (Å²) < 4.78 is 11.3. The first kappa shape index (κ1) is 40.4. The van der Waals surface area contributed by atoms with Crippen molar-refractivity contribution in [1.29, 1.82) is 0 Å². The average molecular weight is 777 g/mol. The number of aromatic nitrogens is 2. The SMILES string of the molecule is CC(C)=C(C(=O)N1C[C@H](O)C[C@H]1C(=O)N[C@@H](C)c1ccc(-c2scnc2C)cc1)c1cc(N2CCC(CC3(O)CCN(C(=O)OC(C)(C)C)CC3)CC2)no1. The van der Waals surface area contributed by atoms with Crippen LogP contribution in [0.2, 0.25) is 0 Å².